The number of ether oxygens (including phenoxy) is 2. The van der Waals surface area contributed by atoms with Crippen LogP contribution < -0.4 is 20.3 Å². The van der Waals surface area contributed by atoms with E-state index in [0.29, 0.717) is 30.2 Å². The number of fused-ring (bicyclic) bond motifs is 1. The molecule has 142 valence electrons. The molecule has 0 aliphatic carbocycles. The minimum atomic E-state index is -1.31. The number of amides is 2. The lowest BCUT2D eigenvalue weighted by molar-refractivity contribution is 0.122. The van der Waals surface area contributed by atoms with Crippen LogP contribution in [0.4, 0.5) is 20.7 Å². The first-order chi connectivity index (χ1) is 13.2. The maximum absolute atomic E-state index is 14.3. The number of aromatic nitrogens is 1. The Morgan fingerprint density at radius 3 is 2.78 bits per heavy atom. The smallest absolute Gasteiger partial charge is 0.319 e. The lowest BCUT2D eigenvalue weighted by atomic mass is 9.99. The van der Waals surface area contributed by atoms with Crippen LogP contribution in [0.1, 0.15) is 11.6 Å². The van der Waals surface area contributed by atoms with Crippen molar-refractivity contribution in [2.24, 2.45) is 0 Å². The van der Waals surface area contributed by atoms with E-state index in [1.807, 2.05) is 12.1 Å². The summed E-state index contributed by atoms with van der Waals surface area (Å²) in [5, 5.41) is 5.40. The first-order valence-corrected chi connectivity index (χ1v) is 8.93. The summed E-state index contributed by atoms with van der Waals surface area (Å²) in [5.41, 5.74) is 1.17. The second-order valence-electron chi connectivity index (χ2n) is 6.45. The molecule has 8 heteroatoms. The Morgan fingerprint density at radius 2 is 2.00 bits per heavy atom. The van der Waals surface area contributed by atoms with Gasteiger partial charge in [0.05, 0.1) is 31.1 Å². The molecule has 2 aromatic rings. The molecule has 0 radical (unpaired) electrons. The molecule has 2 aliphatic heterocycles. The summed E-state index contributed by atoms with van der Waals surface area (Å²) >= 11 is 0. The number of carbonyl (C=O) groups excluding carboxylic acids is 1. The Labute approximate surface area is 156 Å². The number of nitrogens with zero attached hydrogens (tertiary/aromatic N) is 2. The Bertz CT molecular complexity index is 796. The van der Waals surface area contributed by atoms with Crippen molar-refractivity contribution in [2.75, 3.05) is 43.1 Å². The fraction of sp³-hybridized carbons (Fsp3) is 0.368. The molecule has 1 aromatic heterocycles. The predicted octanol–water partition coefficient (Wildman–Crippen LogP) is 2.51. The van der Waals surface area contributed by atoms with Crippen molar-refractivity contribution in [2.45, 2.75) is 12.2 Å². The van der Waals surface area contributed by atoms with Gasteiger partial charge in [0, 0.05) is 18.7 Å². The maximum atomic E-state index is 14.3. The van der Waals surface area contributed by atoms with Gasteiger partial charge in [0.15, 0.2) is 6.17 Å². The third-order valence-corrected chi connectivity index (χ3v) is 4.64. The number of nitrogens with one attached hydrogen (secondary N) is 2. The molecule has 1 saturated heterocycles. The van der Waals surface area contributed by atoms with Crippen LogP contribution in [0, 0.1) is 0 Å². The molecule has 0 bridgehead atoms. The van der Waals surface area contributed by atoms with Crippen LogP contribution in [0.3, 0.4) is 0 Å². The summed E-state index contributed by atoms with van der Waals surface area (Å²) in [6.07, 6.45) is 0.280. The van der Waals surface area contributed by atoms with E-state index in [1.54, 1.807) is 30.5 Å². The molecule has 1 fully saturated rings. The topological polar surface area (TPSA) is 75.7 Å². The summed E-state index contributed by atoms with van der Waals surface area (Å²) in [6.45, 7) is 2.86. The molecule has 7 nitrogen and oxygen atoms in total. The van der Waals surface area contributed by atoms with Gasteiger partial charge in [-0.1, -0.05) is 18.2 Å². The summed E-state index contributed by atoms with van der Waals surface area (Å²) in [6, 6.07) is 9.52. The number of rotatable bonds is 3. The normalized spacial score (nSPS) is 21.7. The number of hydrogen-bond donors (Lipinski definition) is 2. The van der Waals surface area contributed by atoms with E-state index in [1.165, 1.54) is 0 Å². The van der Waals surface area contributed by atoms with Gasteiger partial charge < -0.3 is 25.0 Å². The molecular formula is C19H21FN4O3. The van der Waals surface area contributed by atoms with Crippen LogP contribution in [-0.4, -0.2) is 50.1 Å². The first-order valence-electron chi connectivity index (χ1n) is 8.93. The zero-order valence-corrected chi connectivity index (χ0v) is 14.7. The Morgan fingerprint density at radius 1 is 1.19 bits per heavy atom. The Kier molecular flexibility index (Phi) is 5.06. The summed E-state index contributed by atoms with van der Waals surface area (Å²) in [5.74, 6) is 1.43. The standard InChI is InChI=1S/C19H21FN4O3/c20-15-12-27-16-4-2-1-3-14(16)18(15)23-19(25)22-13-5-6-17(21-11-13)24-7-9-26-10-8-24/h1-6,11,15,18H,7-10,12H2,(H2,22,23,25). The van der Waals surface area contributed by atoms with Gasteiger partial charge in [0.25, 0.3) is 0 Å². The summed E-state index contributed by atoms with van der Waals surface area (Å²) < 4.78 is 25.0. The molecule has 27 heavy (non-hydrogen) atoms. The van der Waals surface area contributed by atoms with Crippen molar-refractivity contribution in [3.63, 3.8) is 0 Å². The molecule has 2 unspecified atom stereocenters. The first kappa shape index (κ1) is 17.5. The van der Waals surface area contributed by atoms with Crippen LogP contribution >= 0.6 is 0 Å². The fourth-order valence-electron chi connectivity index (χ4n) is 3.25. The van der Waals surface area contributed by atoms with Crippen molar-refractivity contribution < 1.29 is 18.7 Å². The molecule has 2 aliphatic rings. The second kappa shape index (κ2) is 7.79. The highest BCUT2D eigenvalue weighted by Crippen LogP contribution is 2.33. The molecule has 4 rings (SSSR count). The molecule has 3 heterocycles. The molecule has 0 spiro atoms. The van der Waals surface area contributed by atoms with Gasteiger partial charge in [-0.25, -0.2) is 14.2 Å². The van der Waals surface area contributed by atoms with Gasteiger partial charge in [-0.05, 0) is 18.2 Å². The average molecular weight is 372 g/mol. The van der Waals surface area contributed by atoms with E-state index in [2.05, 4.69) is 20.5 Å². The Balaban J connectivity index is 1.39. The number of alkyl halides is 1. The lowest BCUT2D eigenvalue weighted by Gasteiger charge is -2.29. The number of benzene rings is 1. The predicted molar refractivity (Wildman–Crippen MR) is 99.0 cm³/mol. The number of para-hydroxylation sites is 1. The average Bonchev–Trinajstić information content (AvgIpc) is 2.71. The Hall–Kier alpha value is -2.87. The molecule has 1 aromatic carbocycles. The molecule has 2 N–H and O–H groups in total. The monoisotopic (exact) mass is 372 g/mol. The van der Waals surface area contributed by atoms with Gasteiger partial charge in [-0.3, -0.25) is 0 Å². The van der Waals surface area contributed by atoms with E-state index in [-0.39, 0.29) is 6.61 Å². The highest BCUT2D eigenvalue weighted by atomic mass is 19.1. The number of hydrogen-bond acceptors (Lipinski definition) is 5. The van der Waals surface area contributed by atoms with E-state index >= 15 is 0 Å². The van der Waals surface area contributed by atoms with E-state index < -0.39 is 18.2 Å². The van der Waals surface area contributed by atoms with E-state index in [9.17, 15) is 9.18 Å². The van der Waals surface area contributed by atoms with E-state index in [4.69, 9.17) is 9.47 Å². The van der Waals surface area contributed by atoms with Crippen molar-refractivity contribution in [3.8, 4) is 5.75 Å². The second-order valence-corrected chi connectivity index (χ2v) is 6.45. The van der Waals surface area contributed by atoms with Crippen LogP contribution in [0.15, 0.2) is 42.6 Å². The zero-order valence-electron chi connectivity index (χ0n) is 14.7. The van der Waals surface area contributed by atoms with Crippen LogP contribution in [0.2, 0.25) is 0 Å². The summed E-state index contributed by atoms with van der Waals surface area (Å²) in [4.78, 5) is 18.9. The fourth-order valence-corrected chi connectivity index (χ4v) is 3.25. The largest absolute Gasteiger partial charge is 0.490 e. The van der Waals surface area contributed by atoms with Gasteiger partial charge >= 0.3 is 6.03 Å². The minimum absolute atomic E-state index is 0.0856. The number of pyridine rings is 1. The van der Waals surface area contributed by atoms with Gasteiger partial charge in [-0.15, -0.1) is 0 Å². The molecule has 0 saturated carbocycles. The maximum Gasteiger partial charge on any atom is 0.319 e. The third kappa shape index (κ3) is 3.95. The van der Waals surface area contributed by atoms with Crippen molar-refractivity contribution in [1.82, 2.24) is 10.3 Å². The van der Waals surface area contributed by atoms with Crippen LogP contribution in [-0.2, 0) is 4.74 Å². The van der Waals surface area contributed by atoms with Gasteiger partial charge in [-0.2, -0.15) is 0 Å². The number of urea groups is 1. The van der Waals surface area contributed by atoms with Gasteiger partial charge in [0.1, 0.15) is 18.2 Å². The minimum Gasteiger partial charge on any atom is -0.490 e. The quantitative estimate of drug-likeness (QED) is 0.866. The number of carbonyl (C=O) groups is 1. The number of morpholine rings is 1. The molecule has 2 amide bonds. The van der Waals surface area contributed by atoms with Crippen molar-refractivity contribution in [3.05, 3.63) is 48.2 Å². The van der Waals surface area contributed by atoms with Crippen LogP contribution in [0.25, 0.3) is 0 Å². The SMILES string of the molecule is O=C(Nc1ccc(N2CCOCC2)nc1)NC1c2ccccc2OCC1F. The van der Waals surface area contributed by atoms with E-state index in [0.717, 1.165) is 18.9 Å². The zero-order chi connectivity index (χ0) is 18.6. The number of halogens is 1. The highest BCUT2D eigenvalue weighted by Gasteiger charge is 2.32. The highest BCUT2D eigenvalue weighted by molar-refractivity contribution is 5.89. The molecular weight excluding hydrogens is 351 g/mol. The lowest BCUT2D eigenvalue weighted by Crippen LogP contribution is -2.41. The van der Waals surface area contributed by atoms with Crippen LogP contribution in [0.5, 0.6) is 5.75 Å². The van der Waals surface area contributed by atoms with Gasteiger partial charge in [0.2, 0.25) is 0 Å². The number of anilines is 2. The van der Waals surface area contributed by atoms with Crippen molar-refractivity contribution in [1.29, 1.82) is 0 Å². The molecule has 2 atom stereocenters. The summed E-state index contributed by atoms with van der Waals surface area (Å²) in [7, 11) is 0. The third-order valence-electron chi connectivity index (χ3n) is 4.64. The van der Waals surface area contributed by atoms with Crippen molar-refractivity contribution >= 4 is 17.5 Å².